The fourth-order valence-corrected chi connectivity index (χ4v) is 2.68. The monoisotopic (exact) mass is 387 g/mol. The maximum absolute atomic E-state index is 6.05. The minimum Gasteiger partial charge on any atom is -0.477 e. The number of hydrogen-bond acceptors (Lipinski definition) is 3. The zero-order valence-electron chi connectivity index (χ0n) is 17.0. The summed E-state index contributed by atoms with van der Waals surface area (Å²) in [5, 5.41) is 0.709. The number of ether oxygens (including phenoxy) is 1. The maximum atomic E-state index is 6.05. The Bertz CT molecular complexity index is 757. The van der Waals surface area contributed by atoms with E-state index < -0.39 is 0 Å². The first-order chi connectivity index (χ1) is 12.9. The number of rotatable bonds is 9. The molecule has 0 amide bonds. The highest BCUT2D eigenvalue weighted by Gasteiger charge is 2.13. The van der Waals surface area contributed by atoms with Crippen LogP contribution in [0.2, 0.25) is 5.02 Å². The van der Waals surface area contributed by atoms with Crippen molar-refractivity contribution in [3.8, 4) is 17.0 Å². The Kier molecular flexibility index (Phi) is 8.11. The highest BCUT2D eigenvalue weighted by atomic mass is 35.5. The van der Waals surface area contributed by atoms with E-state index in [1.807, 2.05) is 55.5 Å². The van der Waals surface area contributed by atoms with Crippen molar-refractivity contribution < 1.29 is 4.74 Å². The molecule has 2 rings (SSSR count). The molecule has 0 radical (unpaired) electrons. The zero-order chi connectivity index (χ0) is 19.8. The third kappa shape index (κ3) is 6.55. The summed E-state index contributed by atoms with van der Waals surface area (Å²) in [7, 11) is 2.00. The molecule has 0 aliphatic rings. The van der Waals surface area contributed by atoms with Crippen LogP contribution in [0.1, 0.15) is 39.3 Å². The highest BCUT2D eigenvalue weighted by molar-refractivity contribution is 6.30. The van der Waals surface area contributed by atoms with Crippen molar-refractivity contribution in [1.29, 1.82) is 0 Å². The molecule has 5 heteroatoms. The van der Waals surface area contributed by atoms with Crippen molar-refractivity contribution in [3.05, 3.63) is 41.0 Å². The SMILES string of the molecule is CCN(C)C=Nc1cc(-c2ccc(Cl)cc2)c(OCCCC(C)C)nc1C. The van der Waals surface area contributed by atoms with Crippen LogP contribution in [0.25, 0.3) is 11.1 Å². The number of aliphatic imine (C=N–C) groups is 1. The van der Waals surface area contributed by atoms with Gasteiger partial charge in [-0.2, -0.15) is 0 Å². The minimum absolute atomic E-state index is 0.654. The van der Waals surface area contributed by atoms with Gasteiger partial charge in [0.15, 0.2) is 0 Å². The van der Waals surface area contributed by atoms with Gasteiger partial charge in [0.25, 0.3) is 0 Å². The molecule has 0 atom stereocenters. The number of hydrogen-bond donors (Lipinski definition) is 0. The lowest BCUT2D eigenvalue weighted by Gasteiger charge is -2.14. The fraction of sp³-hybridized carbons (Fsp3) is 0.455. The normalized spacial score (nSPS) is 11.4. The molecule has 0 N–H and O–H groups in total. The Morgan fingerprint density at radius 2 is 1.96 bits per heavy atom. The molecule has 0 unspecified atom stereocenters. The summed E-state index contributed by atoms with van der Waals surface area (Å²) >= 11 is 6.05. The molecule has 1 aromatic heterocycles. The molecule has 0 bridgehead atoms. The number of nitrogens with zero attached hydrogens (tertiary/aromatic N) is 3. The lowest BCUT2D eigenvalue weighted by molar-refractivity contribution is 0.288. The van der Waals surface area contributed by atoms with E-state index in [4.69, 9.17) is 21.3 Å². The van der Waals surface area contributed by atoms with Crippen LogP contribution in [0.4, 0.5) is 5.69 Å². The Morgan fingerprint density at radius 1 is 1.26 bits per heavy atom. The van der Waals surface area contributed by atoms with E-state index in [0.717, 1.165) is 41.9 Å². The van der Waals surface area contributed by atoms with Gasteiger partial charge in [0.2, 0.25) is 5.88 Å². The van der Waals surface area contributed by atoms with Gasteiger partial charge in [-0.3, -0.25) is 0 Å². The van der Waals surface area contributed by atoms with Crippen LogP contribution in [0.5, 0.6) is 5.88 Å². The number of aryl methyl sites for hydroxylation is 1. The summed E-state index contributed by atoms with van der Waals surface area (Å²) in [5.41, 5.74) is 3.65. The molecule has 0 spiro atoms. The molecule has 0 aliphatic heterocycles. The van der Waals surface area contributed by atoms with E-state index in [0.29, 0.717) is 23.4 Å². The van der Waals surface area contributed by atoms with Crippen LogP contribution in [0, 0.1) is 12.8 Å². The van der Waals surface area contributed by atoms with Gasteiger partial charge in [0.05, 0.1) is 24.3 Å². The molecule has 0 saturated heterocycles. The van der Waals surface area contributed by atoms with Gasteiger partial charge in [0.1, 0.15) is 0 Å². The molecule has 27 heavy (non-hydrogen) atoms. The van der Waals surface area contributed by atoms with Crippen molar-refractivity contribution >= 4 is 23.6 Å². The van der Waals surface area contributed by atoms with E-state index >= 15 is 0 Å². The molecule has 2 aromatic rings. The molecule has 146 valence electrons. The maximum Gasteiger partial charge on any atom is 0.221 e. The van der Waals surface area contributed by atoms with E-state index in [1.54, 1.807) is 0 Å². The van der Waals surface area contributed by atoms with Gasteiger partial charge < -0.3 is 9.64 Å². The van der Waals surface area contributed by atoms with E-state index in [1.165, 1.54) is 0 Å². The Morgan fingerprint density at radius 3 is 2.59 bits per heavy atom. The summed E-state index contributed by atoms with van der Waals surface area (Å²) < 4.78 is 6.05. The number of pyridine rings is 1. The molecular formula is C22H30ClN3O. The van der Waals surface area contributed by atoms with Crippen LogP contribution in [-0.2, 0) is 0 Å². The van der Waals surface area contributed by atoms with Gasteiger partial charge >= 0.3 is 0 Å². The average molecular weight is 388 g/mol. The second kappa shape index (κ2) is 10.3. The van der Waals surface area contributed by atoms with Gasteiger partial charge in [0, 0.05) is 24.2 Å². The largest absolute Gasteiger partial charge is 0.477 e. The first-order valence-corrected chi connectivity index (χ1v) is 9.93. The smallest absolute Gasteiger partial charge is 0.221 e. The molecule has 1 heterocycles. The standard InChI is InChI=1S/C22H30ClN3O/c1-6-26(5)15-24-21-14-20(18-9-11-19(23)12-10-18)22(25-17(21)4)27-13-7-8-16(2)3/h9-12,14-16H,6-8,13H2,1-5H3. The number of benzene rings is 1. The van der Waals surface area contributed by atoms with Crippen LogP contribution in [0.15, 0.2) is 35.3 Å². The van der Waals surface area contributed by atoms with Crippen molar-refractivity contribution in [1.82, 2.24) is 9.88 Å². The number of halogens is 1. The predicted octanol–water partition coefficient (Wildman–Crippen LogP) is 6.14. The van der Waals surface area contributed by atoms with Gasteiger partial charge in [-0.25, -0.2) is 9.98 Å². The summed E-state index contributed by atoms with van der Waals surface area (Å²) in [4.78, 5) is 11.3. The second-order valence-electron chi connectivity index (χ2n) is 7.15. The summed E-state index contributed by atoms with van der Waals surface area (Å²) in [6, 6.07) is 9.78. The van der Waals surface area contributed by atoms with Crippen molar-refractivity contribution in [2.24, 2.45) is 10.9 Å². The molecule has 0 aliphatic carbocycles. The molecule has 0 fully saturated rings. The first-order valence-electron chi connectivity index (χ1n) is 9.55. The summed E-state index contributed by atoms with van der Waals surface area (Å²) in [6.45, 7) is 10.1. The second-order valence-corrected chi connectivity index (χ2v) is 7.59. The highest BCUT2D eigenvalue weighted by Crippen LogP contribution is 2.34. The number of aromatic nitrogens is 1. The van der Waals surface area contributed by atoms with Gasteiger partial charge in [-0.05, 0) is 56.4 Å². The summed E-state index contributed by atoms with van der Waals surface area (Å²) in [5.74, 6) is 1.33. The third-order valence-corrected chi connectivity index (χ3v) is 4.62. The van der Waals surface area contributed by atoms with E-state index in [-0.39, 0.29) is 0 Å². The van der Waals surface area contributed by atoms with Crippen LogP contribution < -0.4 is 4.74 Å². The van der Waals surface area contributed by atoms with Crippen molar-refractivity contribution in [2.75, 3.05) is 20.2 Å². The predicted molar refractivity (Wildman–Crippen MR) is 115 cm³/mol. The summed E-state index contributed by atoms with van der Waals surface area (Å²) in [6.07, 6.45) is 3.99. The topological polar surface area (TPSA) is 37.7 Å². The first kappa shape index (κ1) is 21.2. The van der Waals surface area contributed by atoms with Crippen molar-refractivity contribution in [3.63, 3.8) is 0 Å². The Labute approximate surface area is 168 Å². The Hall–Kier alpha value is -2.07. The van der Waals surface area contributed by atoms with Gasteiger partial charge in [-0.1, -0.05) is 37.6 Å². The minimum atomic E-state index is 0.654. The van der Waals surface area contributed by atoms with Gasteiger partial charge in [-0.15, -0.1) is 0 Å². The lowest BCUT2D eigenvalue weighted by atomic mass is 10.1. The van der Waals surface area contributed by atoms with Crippen LogP contribution in [0.3, 0.4) is 0 Å². The molecule has 4 nitrogen and oxygen atoms in total. The van der Waals surface area contributed by atoms with Crippen LogP contribution >= 0.6 is 11.6 Å². The average Bonchev–Trinajstić information content (AvgIpc) is 2.64. The van der Waals surface area contributed by atoms with Crippen molar-refractivity contribution in [2.45, 2.75) is 40.5 Å². The lowest BCUT2D eigenvalue weighted by Crippen LogP contribution is -2.14. The van der Waals surface area contributed by atoms with E-state index in [2.05, 4.69) is 25.8 Å². The third-order valence-electron chi connectivity index (χ3n) is 4.36. The Balaban J connectivity index is 2.34. The molecular weight excluding hydrogens is 358 g/mol. The molecule has 0 saturated carbocycles. The zero-order valence-corrected chi connectivity index (χ0v) is 17.8. The fourth-order valence-electron chi connectivity index (χ4n) is 2.55. The van der Waals surface area contributed by atoms with E-state index in [9.17, 15) is 0 Å². The quantitative estimate of drug-likeness (QED) is 0.294. The molecule has 1 aromatic carbocycles. The van der Waals surface area contributed by atoms with Crippen LogP contribution in [-0.4, -0.2) is 36.4 Å².